The second-order valence-corrected chi connectivity index (χ2v) is 9.41. The number of nitrogens with zero attached hydrogens (tertiary/aromatic N) is 3. The van der Waals surface area contributed by atoms with Crippen LogP contribution in [0.15, 0.2) is 41.4 Å². The first-order valence-electron chi connectivity index (χ1n) is 9.65. The van der Waals surface area contributed by atoms with Crippen molar-refractivity contribution in [2.45, 2.75) is 30.5 Å². The first-order valence-corrected chi connectivity index (χ1v) is 11.1. The number of benzene rings is 1. The number of sulfonamides is 1. The van der Waals surface area contributed by atoms with Gasteiger partial charge in [-0.2, -0.15) is 17.5 Å². The van der Waals surface area contributed by atoms with E-state index in [0.29, 0.717) is 17.3 Å². The van der Waals surface area contributed by atoms with Crippen LogP contribution in [0.2, 0.25) is 0 Å². The van der Waals surface area contributed by atoms with Crippen LogP contribution in [0, 0.1) is 6.92 Å². The van der Waals surface area contributed by atoms with Crippen molar-refractivity contribution in [1.29, 1.82) is 0 Å². The molecule has 1 aliphatic heterocycles. The van der Waals surface area contributed by atoms with Crippen LogP contribution in [0.4, 0.5) is 19.0 Å². The number of hydrogen-bond acceptors (Lipinski definition) is 6. The molecular weight excluding hydrogens is 467 g/mol. The number of halogens is 3. The molecule has 0 amide bonds. The van der Waals surface area contributed by atoms with Gasteiger partial charge in [-0.1, -0.05) is 6.07 Å². The van der Waals surface area contributed by atoms with Gasteiger partial charge in [0.25, 0.3) is 0 Å². The van der Waals surface area contributed by atoms with E-state index >= 15 is 0 Å². The molecule has 0 spiro atoms. The van der Waals surface area contributed by atoms with Crippen LogP contribution in [0.5, 0.6) is 0 Å². The Morgan fingerprint density at radius 2 is 1.85 bits per heavy atom. The summed E-state index contributed by atoms with van der Waals surface area (Å²) in [5.74, 6) is -2.52. The van der Waals surface area contributed by atoms with Gasteiger partial charge in [0.15, 0.2) is 0 Å². The van der Waals surface area contributed by atoms with Crippen molar-refractivity contribution in [2.24, 2.45) is 0 Å². The zero-order chi connectivity index (χ0) is 24.6. The fourth-order valence-corrected chi connectivity index (χ4v) is 4.98. The molecule has 0 bridgehead atoms. The minimum atomic E-state index is -4.60. The molecule has 2 aromatic rings. The highest BCUT2D eigenvalue weighted by Crippen LogP contribution is 2.30. The number of hydrogen-bond donors (Lipinski definition) is 2. The molecule has 0 aliphatic carbocycles. The normalized spacial score (nSPS) is 17.7. The summed E-state index contributed by atoms with van der Waals surface area (Å²) in [4.78, 5) is 27.7. The van der Waals surface area contributed by atoms with E-state index < -0.39 is 46.3 Å². The maximum absolute atomic E-state index is 13.1. The minimum absolute atomic E-state index is 0.0217. The van der Waals surface area contributed by atoms with Crippen LogP contribution in [0.3, 0.4) is 0 Å². The zero-order valence-corrected chi connectivity index (χ0v) is 18.1. The summed E-state index contributed by atoms with van der Waals surface area (Å²) in [5.41, 5.74) is -0.0835. The summed E-state index contributed by atoms with van der Waals surface area (Å²) in [7, 11) is -4.15. The third-order valence-corrected chi connectivity index (χ3v) is 7.16. The van der Waals surface area contributed by atoms with E-state index in [1.54, 1.807) is 6.92 Å². The molecule has 0 unspecified atom stereocenters. The Hall–Kier alpha value is -3.19. The molecule has 1 fully saturated rings. The highest BCUT2D eigenvalue weighted by molar-refractivity contribution is 7.89. The maximum Gasteiger partial charge on any atom is 0.417 e. The lowest BCUT2D eigenvalue weighted by molar-refractivity contribution is -0.139. The Morgan fingerprint density at radius 1 is 1.15 bits per heavy atom. The number of pyridine rings is 1. The number of piperazine rings is 1. The Bertz CT molecular complexity index is 1170. The fourth-order valence-electron chi connectivity index (χ4n) is 3.50. The second-order valence-electron chi connectivity index (χ2n) is 7.47. The number of aromatic nitrogens is 1. The van der Waals surface area contributed by atoms with Crippen LogP contribution in [0.25, 0.3) is 0 Å². The van der Waals surface area contributed by atoms with Gasteiger partial charge in [0.05, 0.1) is 16.9 Å². The van der Waals surface area contributed by atoms with Crippen molar-refractivity contribution < 1.29 is 41.4 Å². The lowest BCUT2D eigenvalue weighted by Gasteiger charge is -2.39. The molecule has 178 valence electrons. The molecule has 2 heterocycles. The summed E-state index contributed by atoms with van der Waals surface area (Å²) in [6, 6.07) is 4.47. The van der Waals surface area contributed by atoms with Gasteiger partial charge in [-0.3, -0.25) is 4.79 Å². The number of aliphatic carboxylic acids is 2. The number of anilines is 1. The molecule has 2 N–H and O–H groups in total. The third kappa shape index (κ3) is 5.25. The van der Waals surface area contributed by atoms with Crippen molar-refractivity contribution in [3.63, 3.8) is 0 Å². The molecule has 9 nitrogen and oxygen atoms in total. The minimum Gasteiger partial charge on any atom is -0.481 e. The summed E-state index contributed by atoms with van der Waals surface area (Å²) in [5, 5.41) is 18.7. The van der Waals surface area contributed by atoms with Crippen molar-refractivity contribution in [1.82, 2.24) is 9.29 Å². The van der Waals surface area contributed by atoms with E-state index in [9.17, 15) is 36.3 Å². The predicted molar refractivity (Wildman–Crippen MR) is 109 cm³/mol. The maximum atomic E-state index is 13.1. The van der Waals surface area contributed by atoms with Crippen molar-refractivity contribution >= 4 is 27.8 Å². The average molecular weight is 487 g/mol. The quantitative estimate of drug-likeness (QED) is 0.633. The smallest absolute Gasteiger partial charge is 0.417 e. The van der Waals surface area contributed by atoms with Gasteiger partial charge in [0.1, 0.15) is 11.9 Å². The molecule has 0 saturated carbocycles. The molecule has 3 rings (SSSR count). The summed E-state index contributed by atoms with van der Waals surface area (Å²) >= 11 is 0. The number of carboxylic acid groups (broad SMARTS) is 2. The van der Waals surface area contributed by atoms with Crippen LogP contribution < -0.4 is 4.90 Å². The monoisotopic (exact) mass is 487 g/mol. The molecule has 1 saturated heterocycles. The van der Waals surface area contributed by atoms with E-state index in [-0.39, 0.29) is 30.2 Å². The molecule has 1 aromatic carbocycles. The molecule has 1 aromatic heterocycles. The molecule has 33 heavy (non-hydrogen) atoms. The Morgan fingerprint density at radius 3 is 2.39 bits per heavy atom. The van der Waals surface area contributed by atoms with E-state index in [0.717, 1.165) is 16.4 Å². The summed E-state index contributed by atoms with van der Waals surface area (Å²) in [6.07, 6.45) is -4.38. The third-order valence-electron chi connectivity index (χ3n) is 5.30. The van der Waals surface area contributed by atoms with Gasteiger partial charge in [0, 0.05) is 25.8 Å². The van der Waals surface area contributed by atoms with Crippen molar-refractivity contribution in [2.75, 3.05) is 24.5 Å². The first-order chi connectivity index (χ1) is 15.3. The number of alkyl halides is 3. The highest BCUT2D eigenvalue weighted by atomic mass is 32.2. The van der Waals surface area contributed by atoms with Gasteiger partial charge in [-0.25, -0.2) is 18.2 Å². The van der Waals surface area contributed by atoms with Gasteiger partial charge >= 0.3 is 18.1 Å². The molecular formula is C20H20F3N3O6S. The number of carboxylic acids is 2. The molecule has 13 heteroatoms. The molecule has 1 atom stereocenters. The SMILES string of the molecule is Cc1ccc(S(=O)(=O)N2CCN(c3ccc(C(F)(F)F)cn3)[C@@H](C(=O)O)C2)cc1CC(=O)O. The first kappa shape index (κ1) is 24.5. The predicted octanol–water partition coefficient (Wildman–Crippen LogP) is 2.00. The zero-order valence-electron chi connectivity index (χ0n) is 17.3. The Balaban J connectivity index is 1.87. The highest BCUT2D eigenvalue weighted by Gasteiger charge is 2.39. The van der Waals surface area contributed by atoms with Crippen molar-refractivity contribution in [3.8, 4) is 0 Å². The molecule has 0 radical (unpaired) electrons. The van der Waals surface area contributed by atoms with Crippen LogP contribution in [-0.4, -0.2) is 65.5 Å². The van der Waals surface area contributed by atoms with Crippen LogP contribution >= 0.6 is 0 Å². The average Bonchev–Trinajstić information content (AvgIpc) is 2.74. The lowest BCUT2D eigenvalue weighted by atomic mass is 10.1. The summed E-state index contributed by atoms with van der Waals surface area (Å²) < 4.78 is 65.6. The molecule has 1 aliphatic rings. The summed E-state index contributed by atoms with van der Waals surface area (Å²) in [6.45, 7) is 0.910. The second kappa shape index (κ2) is 8.98. The van der Waals surface area contributed by atoms with Crippen molar-refractivity contribution in [3.05, 3.63) is 53.2 Å². The largest absolute Gasteiger partial charge is 0.481 e. The Kier molecular flexibility index (Phi) is 6.65. The van der Waals surface area contributed by atoms with Crippen LogP contribution in [-0.2, 0) is 32.2 Å². The number of rotatable bonds is 6. The van der Waals surface area contributed by atoms with E-state index in [2.05, 4.69) is 4.98 Å². The van der Waals surface area contributed by atoms with Gasteiger partial charge < -0.3 is 15.1 Å². The van der Waals surface area contributed by atoms with Crippen LogP contribution in [0.1, 0.15) is 16.7 Å². The van der Waals surface area contributed by atoms with Gasteiger partial charge in [-0.15, -0.1) is 0 Å². The number of aryl methyl sites for hydroxylation is 1. The van der Waals surface area contributed by atoms with E-state index in [4.69, 9.17) is 5.11 Å². The van der Waals surface area contributed by atoms with Gasteiger partial charge in [0.2, 0.25) is 10.0 Å². The lowest BCUT2D eigenvalue weighted by Crippen LogP contribution is -2.58. The van der Waals surface area contributed by atoms with Gasteiger partial charge in [-0.05, 0) is 42.3 Å². The van der Waals surface area contributed by atoms with E-state index in [1.807, 2.05) is 0 Å². The Labute approximate surface area is 187 Å². The fraction of sp³-hybridized carbons (Fsp3) is 0.350. The number of carbonyl (C=O) groups is 2. The topological polar surface area (TPSA) is 128 Å². The standard InChI is InChI=1S/C20H20F3N3O6S/c1-12-2-4-15(8-13(12)9-18(27)28)33(31,32)25-6-7-26(16(11-25)19(29)30)17-5-3-14(10-24-17)20(21,22)23/h2-5,8,10,16H,6-7,9,11H2,1H3,(H,27,28)(H,29,30)/t16-/m1/s1. The van der Waals surface area contributed by atoms with E-state index in [1.165, 1.54) is 23.1 Å².